The van der Waals surface area contributed by atoms with Crippen LogP contribution in [0.5, 0.6) is 0 Å². The van der Waals surface area contributed by atoms with E-state index in [-0.39, 0.29) is 23.8 Å². The van der Waals surface area contributed by atoms with E-state index in [9.17, 15) is 22.8 Å². The zero-order chi connectivity index (χ0) is 22.1. The summed E-state index contributed by atoms with van der Waals surface area (Å²) in [5, 5.41) is 2.59. The van der Waals surface area contributed by atoms with Gasteiger partial charge in [-0.15, -0.1) is 0 Å². The van der Waals surface area contributed by atoms with Crippen LogP contribution < -0.4 is 16.2 Å². The van der Waals surface area contributed by atoms with Gasteiger partial charge in [0.1, 0.15) is 0 Å². The number of carbonyl (C=O) groups excluding carboxylic acids is 3. The van der Waals surface area contributed by atoms with Gasteiger partial charge in [-0.2, -0.15) is 4.31 Å². The highest BCUT2D eigenvalue weighted by atomic mass is 32.2. The molecule has 160 valence electrons. The molecule has 0 unspecified atom stereocenters. The van der Waals surface area contributed by atoms with Crippen LogP contribution >= 0.6 is 0 Å². The van der Waals surface area contributed by atoms with Gasteiger partial charge in [0.25, 0.3) is 11.8 Å². The summed E-state index contributed by atoms with van der Waals surface area (Å²) in [4.78, 5) is 35.7. The fourth-order valence-corrected chi connectivity index (χ4v) is 3.53. The maximum absolute atomic E-state index is 12.5. The number of nitrogens with one attached hydrogen (secondary N) is 3. The number of hydrazine groups is 1. The predicted molar refractivity (Wildman–Crippen MR) is 111 cm³/mol. The molecule has 0 aliphatic heterocycles. The van der Waals surface area contributed by atoms with E-state index in [4.69, 9.17) is 0 Å². The largest absolute Gasteiger partial charge is 0.352 e. The van der Waals surface area contributed by atoms with Crippen LogP contribution in [-0.2, 0) is 19.6 Å². The van der Waals surface area contributed by atoms with Crippen LogP contribution in [0.4, 0.5) is 0 Å². The predicted octanol–water partition coefficient (Wildman–Crippen LogP) is 0.583. The molecule has 0 atom stereocenters. The highest BCUT2D eigenvalue weighted by Crippen LogP contribution is 2.14. The van der Waals surface area contributed by atoms with Crippen molar-refractivity contribution in [3.05, 3.63) is 65.7 Å². The Hall–Kier alpha value is -3.24. The van der Waals surface area contributed by atoms with E-state index in [2.05, 4.69) is 16.2 Å². The average Bonchev–Trinajstić information content (AvgIpc) is 2.73. The molecule has 9 nitrogen and oxygen atoms in total. The van der Waals surface area contributed by atoms with Crippen molar-refractivity contribution in [1.82, 2.24) is 20.5 Å². The van der Waals surface area contributed by atoms with Gasteiger partial charge in [0, 0.05) is 25.6 Å². The summed E-state index contributed by atoms with van der Waals surface area (Å²) in [6, 6.07) is 14.8. The Morgan fingerprint density at radius 1 is 0.900 bits per heavy atom. The number of amides is 3. The van der Waals surface area contributed by atoms with Crippen LogP contribution in [0, 0.1) is 6.92 Å². The highest BCUT2D eigenvalue weighted by molar-refractivity contribution is 7.89. The van der Waals surface area contributed by atoms with Crippen LogP contribution in [0.2, 0.25) is 0 Å². The van der Waals surface area contributed by atoms with E-state index in [0.717, 1.165) is 9.87 Å². The number of sulfonamides is 1. The number of hydrogen-bond acceptors (Lipinski definition) is 5. The van der Waals surface area contributed by atoms with Gasteiger partial charge in [0.15, 0.2) is 0 Å². The second-order valence-corrected chi connectivity index (χ2v) is 8.59. The van der Waals surface area contributed by atoms with Gasteiger partial charge in [-0.25, -0.2) is 8.42 Å². The van der Waals surface area contributed by atoms with Crippen molar-refractivity contribution in [1.29, 1.82) is 0 Å². The van der Waals surface area contributed by atoms with Crippen LogP contribution in [0.1, 0.15) is 22.3 Å². The third-order valence-electron chi connectivity index (χ3n) is 4.11. The van der Waals surface area contributed by atoms with E-state index >= 15 is 0 Å². The van der Waals surface area contributed by atoms with Crippen molar-refractivity contribution in [2.45, 2.75) is 18.2 Å². The van der Waals surface area contributed by atoms with Gasteiger partial charge >= 0.3 is 0 Å². The molecule has 10 heteroatoms. The van der Waals surface area contributed by atoms with Crippen LogP contribution in [0.25, 0.3) is 0 Å². The summed E-state index contributed by atoms with van der Waals surface area (Å²) in [6.07, 6.45) is -0.0592. The first-order valence-electron chi connectivity index (χ1n) is 9.14. The summed E-state index contributed by atoms with van der Waals surface area (Å²) in [5.74, 6) is -1.54. The molecule has 0 aromatic heterocycles. The standard InChI is InChI=1S/C20H24N4O5S/c1-15-8-10-17(11-9-15)30(28,29)24(2)14-19(26)23-22-18(25)12-13-21-20(27)16-6-4-3-5-7-16/h3-11H,12-14H2,1-2H3,(H,21,27)(H,22,25)(H,23,26). The molecule has 2 rings (SSSR count). The monoisotopic (exact) mass is 432 g/mol. The van der Waals surface area contributed by atoms with Crippen LogP contribution in [0.15, 0.2) is 59.5 Å². The molecular formula is C20H24N4O5S. The van der Waals surface area contributed by atoms with Crippen molar-refractivity contribution in [3.63, 3.8) is 0 Å². The zero-order valence-electron chi connectivity index (χ0n) is 16.7. The lowest BCUT2D eigenvalue weighted by Gasteiger charge is -2.17. The topological polar surface area (TPSA) is 125 Å². The molecule has 3 amide bonds. The second kappa shape index (κ2) is 10.5. The van der Waals surface area contributed by atoms with Crippen LogP contribution in [-0.4, -0.2) is 50.6 Å². The molecule has 0 aliphatic rings. The first-order chi connectivity index (χ1) is 14.2. The molecule has 0 bridgehead atoms. The molecule has 2 aromatic rings. The van der Waals surface area contributed by atoms with Gasteiger partial charge < -0.3 is 5.32 Å². The van der Waals surface area contributed by atoms with Crippen molar-refractivity contribution in [2.24, 2.45) is 0 Å². The Bertz CT molecular complexity index is 992. The van der Waals surface area contributed by atoms with Gasteiger partial charge in [-0.3, -0.25) is 25.2 Å². The summed E-state index contributed by atoms with van der Waals surface area (Å²) in [6.45, 7) is 1.45. The Morgan fingerprint density at radius 3 is 2.13 bits per heavy atom. The van der Waals surface area contributed by atoms with Gasteiger partial charge in [0.05, 0.1) is 11.4 Å². The van der Waals surface area contributed by atoms with Gasteiger partial charge in [-0.05, 0) is 31.2 Å². The number of hydrogen-bond donors (Lipinski definition) is 3. The molecule has 30 heavy (non-hydrogen) atoms. The maximum atomic E-state index is 12.5. The number of carbonyl (C=O) groups is 3. The van der Waals surface area contributed by atoms with Gasteiger partial charge in [-0.1, -0.05) is 35.9 Å². The average molecular weight is 433 g/mol. The quantitative estimate of drug-likeness (QED) is 0.527. The Kier molecular flexibility index (Phi) is 8.07. The smallest absolute Gasteiger partial charge is 0.253 e. The highest BCUT2D eigenvalue weighted by Gasteiger charge is 2.23. The number of nitrogens with zero attached hydrogens (tertiary/aromatic N) is 1. The second-order valence-electron chi connectivity index (χ2n) is 6.54. The molecule has 0 saturated heterocycles. The summed E-state index contributed by atoms with van der Waals surface area (Å²) >= 11 is 0. The Morgan fingerprint density at radius 2 is 1.50 bits per heavy atom. The van der Waals surface area contributed by atoms with E-state index in [1.54, 1.807) is 42.5 Å². The van der Waals surface area contributed by atoms with Crippen molar-refractivity contribution in [2.75, 3.05) is 20.1 Å². The lowest BCUT2D eigenvalue weighted by molar-refractivity contribution is -0.128. The molecule has 0 spiro atoms. The lowest BCUT2D eigenvalue weighted by atomic mass is 10.2. The van der Waals surface area contributed by atoms with E-state index in [1.807, 2.05) is 6.92 Å². The van der Waals surface area contributed by atoms with Crippen molar-refractivity contribution >= 4 is 27.7 Å². The lowest BCUT2D eigenvalue weighted by Crippen LogP contribution is -2.47. The molecule has 0 heterocycles. The number of rotatable bonds is 8. The molecule has 0 radical (unpaired) electrons. The zero-order valence-corrected chi connectivity index (χ0v) is 17.5. The van der Waals surface area contributed by atoms with E-state index in [0.29, 0.717) is 5.56 Å². The normalized spacial score (nSPS) is 11.0. The van der Waals surface area contributed by atoms with Crippen molar-refractivity contribution < 1.29 is 22.8 Å². The number of aryl methyl sites for hydroxylation is 1. The molecule has 2 aromatic carbocycles. The minimum atomic E-state index is -3.83. The van der Waals surface area contributed by atoms with Gasteiger partial charge in [0.2, 0.25) is 15.9 Å². The fraction of sp³-hybridized carbons (Fsp3) is 0.250. The minimum absolute atomic E-state index is 0.0592. The minimum Gasteiger partial charge on any atom is -0.352 e. The van der Waals surface area contributed by atoms with E-state index in [1.165, 1.54) is 19.2 Å². The molecule has 0 saturated carbocycles. The number of likely N-dealkylation sites (N-methyl/N-ethyl adjacent to an activating group) is 1. The maximum Gasteiger partial charge on any atom is 0.253 e. The van der Waals surface area contributed by atoms with Crippen molar-refractivity contribution in [3.8, 4) is 0 Å². The first kappa shape index (κ1) is 23.0. The fourth-order valence-electron chi connectivity index (χ4n) is 2.40. The molecule has 0 aliphatic carbocycles. The first-order valence-corrected chi connectivity index (χ1v) is 10.6. The SMILES string of the molecule is Cc1ccc(S(=O)(=O)N(C)CC(=O)NNC(=O)CCNC(=O)c2ccccc2)cc1. The molecular weight excluding hydrogens is 408 g/mol. The Labute approximate surface area is 175 Å². The summed E-state index contributed by atoms with van der Waals surface area (Å²) in [7, 11) is -2.55. The van der Waals surface area contributed by atoms with E-state index < -0.39 is 28.4 Å². The van der Waals surface area contributed by atoms with Crippen LogP contribution in [0.3, 0.4) is 0 Å². The summed E-state index contributed by atoms with van der Waals surface area (Å²) in [5.41, 5.74) is 5.74. The molecule has 0 fully saturated rings. The number of benzene rings is 2. The molecule has 3 N–H and O–H groups in total. The Balaban J connectivity index is 1.73. The summed E-state index contributed by atoms with van der Waals surface area (Å²) < 4.78 is 25.8. The third kappa shape index (κ3) is 6.68. The third-order valence-corrected chi connectivity index (χ3v) is 5.93.